The minimum Gasteiger partial charge on any atom is -0.465 e. The highest BCUT2D eigenvalue weighted by Gasteiger charge is 2.27. The topological polar surface area (TPSA) is 49.8 Å². The third kappa shape index (κ3) is 4.02. The standard InChI is InChI=1S/C21H25NO3/c1-3-25-21(24)14-22(13-16-7-5-4-6-8-16)17-9-10-18-15(2)11-20(23)19(18)12-17/h4-10,12,15,20,23H,3,11,13-14H2,1-2H3. The number of hydrogen-bond acceptors (Lipinski definition) is 4. The van der Waals surface area contributed by atoms with Crippen LogP contribution in [0.2, 0.25) is 0 Å². The van der Waals surface area contributed by atoms with Crippen molar-refractivity contribution >= 4 is 11.7 Å². The summed E-state index contributed by atoms with van der Waals surface area (Å²) in [4.78, 5) is 14.1. The third-order valence-corrected chi connectivity index (χ3v) is 4.74. The normalized spacial score (nSPS) is 18.7. The number of carbonyl (C=O) groups is 1. The smallest absolute Gasteiger partial charge is 0.325 e. The van der Waals surface area contributed by atoms with Gasteiger partial charge in [-0.05, 0) is 48.1 Å². The van der Waals surface area contributed by atoms with Crippen molar-refractivity contribution in [3.8, 4) is 0 Å². The Morgan fingerprint density at radius 1 is 1.20 bits per heavy atom. The highest BCUT2D eigenvalue weighted by atomic mass is 16.5. The maximum atomic E-state index is 12.1. The van der Waals surface area contributed by atoms with Crippen molar-refractivity contribution in [2.75, 3.05) is 18.1 Å². The molecule has 1 N–H and O–H groups in total. The summed E-state index contributed by atoms with van der Waals surface area (Å²) in [6.45, 7) is 5.12. The van der Waals surface area contributed by atoms with Crippen LogP contribution < -0.4 is 4.90 Å². The van der Waals surface area contributed by atoms with Crippen molar-refractivity contribution in [1.29, 1.82) is 0 Å². The molecule has 2 aromatic carbocycles. The van der Waals surface area contributed by atoms with E-state index in [0.717, 1.165) is 23.2 Å². The van der Waals surface area contributed by atoms with E-state index in [2.05, 4.69) is 13.0 Å². The van der Waals surface area contributed by atoms with Gasteiger partial charge in [-0.25, -0.2) is 0 Å². The zero-order chi connectivity index (χ0) is 17.8. The Morgan fingerprint density at radius 3 is 2.68 bits per heavy atom. The minimum atomic E-state index is -0.425. The zero-order valence-corrected chi connectivity index (χ0v) is 14.8. The van der Waals surface area contributed by atoms with Crippen LogP contribution in [-0.4, -0.2) is 24.2 Å². The summed E-state index contributed by atoms with van der Waals surface area (Å²) in [5.41, 5.74) is 4.24. The van der Waals surface area contributed by atoms with Crippen LogP contribution in [0.15, 0.2) is 48.5 Å². The van der Waals surface area contributed by atoms with Gasteiger partial charge in [-0.1, -0.05) is 43.3 Å². The van der Waals surface area contributed by atoms with Crippen LogP contribution in [0.5, 0.6) is 0 Å². The number of hydrogen-bond donors (Lipinski definition) is 1. The molecule has 0 aromatic heterocycles. The lowest BCUT2D eigenvalue weighted by atomic mass is 10.0. The van der Waals surface area contributed by atoms with Crippen LogP contribution >= 0.6 is 0 Å². The maximum Gasteiger partial charge on any atom is 0.325 e. The SMILES string of the molecule is CCOC(=O)CN(Cc1ccccc1)c1ccc2c(c1)C(O)CC2C. The molecule has 132 valence electrons. The molecule has 0 heterocycles. The maximum absolute atomic E-state index is 12.1. The van der Waals surface area contributed by atoms with Crippen molar-refractivity contribution < 1.29 is 14.6 Å². The predicted molar refractivity (Wildman–Crippen MR) is 98.6 cm³/mol. The fourth-order valence-electron chi connectivity index (χ4n) is 3.49. The quantitative estimate of drug-likeness (QED) is 0.814. The van der Waals surface area contributed by atoms with Crippen LogP contribution in [0.3, 0.4) is 0 Å². The van der Waals surface area contributed by atoms with Gasteiger partial charge in [-0.3, -0.25) is 4.79 Å². The highest BCUT2D eigenvalue weighted by Crippen LogP contribution is 2.41. The Morgan fingerprint density at radius 2 is 1.96 bits per heavy atom. The number of fused-ring (bicyclic) bond motifs is 1. The fourth-order valence-corrected chi connectivity index (χ4v) is 3.49. The van der Waals surface area contributed by atoms with Gasteiger partial charge >= 0.3 is 5.97 Å². The third-order valence-electron chi connectivity index (χ3n) is 4.74. The van der Waals surface area contributed by atoms with Crippen molar-refractivity contribution in [2.24, 2.45) is 0 Å². The summed E-state index contributed by atoms with van der Waals surface area (Å²) in [5, 5.41) is 10.3. The first kappa shape index (κ1) is 17.5. The molecule has 2 unspecified atom stereocenters. The molecule has 0 saturated heterocycles. The lowest BCUT2D eigenvalue weighted by Gasteiger charge is -2.25. The van der Waals surface area contributed by atoms with Gasteiger partial charge in [0.25, 0.3) is 0 Å². The second kappa shape index (κ2) is 7.70. The van der Waals surface area contributed by atoms with Gasteiger partial charge in [0.2, 0.25) is 0 Å². The first-order chi connectivity index (χ1) is 12.1. The van der Waals surface area contributed by atoms with Crippen molar-refractivity contribution in [3.05, 3.63) is 65.2 Å². The van der Waals surface area contributed by atoms with E-state index in [1.807, 2.05) is 54.3 Å². The average molecular weight is 339 g/mol. The first-order valence-electron chi connectivity index (χ1n) is 8.85. The predicted octanol–water partition coefficient (Wildman–Crippen LogP) is 3.80. The number of nitrogens with zero attached hydrogens (tertiary/aromatic N) is 1. The molecule has 0 radical (unpaired) electrons. The Bertz CT molecular complexity index is 729. The number of esters is 1. The van der Waals surface area contributed by atoms with Gasteiger partial charge in [0, 0.05) is 12.2 Å². The summed E-state index contributed by atoms with van der Waals surface area (Å²) in [6, 6.07) is 16.2. The summed E-state index contributed by atoms with van der Waals surface area (Å²) >= 11 is 0. The van der Waals surface area contributed by atoms with E-state index in [1.165, 1.54) is 5.56 Å². The van der Waals surface area contributed by atoms with E-state index < -0.39 is 6.10 Å². The first-order valence-corrected chi connectivity index (χ1v) is 8.85. The Hall–Kier alpha value is -2.33. The van der Waals surface area contributed by atoms with Gasteiger partial charge in [-0.15, -0.1) is 0 Å². The molecule has 1 aliphatic carbocycles. The van der Waals surface area contributed by atoms with Crippen LogP contribution in [0.4, 0.5) is 5.69 Å². The monoisotopic (exact) mass is 339 g/mol. The van der Waals surface area contributed by atoms with Crippen LogP contribution in [-0.2, 0) is 16.1 Å². The van der Waals surface area contributed by atoms with E-state index in [1.54, 1.807) is 0 Å². The van der Waals surface area contributed by atoms with E-state index in [4.69, 9.17) is 4.74 Å². The largest absolute Gasteiger partial charge is 0.465 e. The molecule has 0 aliphatic heterocycles. The minimum absolute atomic E-state index is 0.188. The molecule has 2 atom stereocenters. The van der Waals surface area contributed by atoms with Gasteiger partial charge in [0.05, 0.1) is 12.7 Å². The number of ether oxygens (including phenoxy) is 1. The fraction of sp³-hybridized carbons (Fsp3) is 0.381. The average Bonchev–Trinajstić information content (AvgIpc) is 2.89. The molecule has 4 heteroatoms. The summed E-state index contributed by atoms with van der Waals surface area (Å²) < 4.78 is 5.13. The number of benzene rings is 2. The van der Waals surface area contributed by atoms with Crippen LogP contribution in [0, 0.1) is 0 Å². The Balaban J connectivity index is 1.88. The molecule has 2 aromatic rings. The molecular weight excluding hydrogens is 314 g/mol. The summed E-state index contributed by atoms with van der Waals surface area (Å²) in [7, 11) is 0. The van der Waals surface area contributed by atoms with Crippen molar-refractivity contribution in [3.63, 3.8) is 0 Å². The van der Waals surface area contributed by atoms with Gasteiger partial charge in [0.15, 0.2) is 0 Å². The molecule has 1 aliphatic rings. The van der Waals surface area contributed by atoms with E-state index in [9.17, 15) is 9.90 Å². The number of rotatable bonds is 6. The molecular formula is C21H25NO3. The molecule has 0 fully saturated rings. The lowest BCUT2D eigenvalue weighted by molar-refractivity contribution is -0.141. The van der Waals surface area contributed by atoms with Gasteiger partial charge in [0.1, 0.15) is 6.54 Å². The molecule has 25 heavy (non-hydrogen) atoms. The summed E-state index contributed by atoms with van der Waals surface area (Å²) in [6.07, 6.45) is 0.334. The second-order valence-electron chi connectivity index (χ2n) is 6.61. The lowest BCUT2D eigenvalue weighted by Crippen LogP contribution is -2.30. The number of carbonyl (C=O) groups excluding carboxylic acids is 1. The molecule has 0 amide bonds. The van der Waals surface area contributed by atoms with Gasteiger partial charge < -0.3 is 14.7 Å². The zero-order valence-electron chi connectivity index (χ0n) is 14.8. The van der Waals surface area contributed by atoms with E-state index in [0.29, 0.717) is 19.1 Å². The van der Waals surface area contributed by atoms with Crippen molar-refractivity contribution in [2.45, 2.75) is 38.8 Å². The van der Waals surface area contributed by atoms with E-state index in [-0.39, 0.29) is 12.5 Å². The molecule has 0 bridgehead atoms. The molecule has 0 spiro atoms. The van der Waals surface area contributed by atoms with Gasteiger partial charge in [-0.2, -0.15) is 0 Å². The van der Waals surface area contributed by atoms with Crippen LogP contribution in [0.1, 0.15) is 49.0 Å². The van der Waals surface area contributed by atoms with Crippen molar-refractivity contribution in [1.82, 2.24) is 0 Å². The van der Waals surface area contributed by atoms with Crippen LogP contribution in [0.25, 0.3) is 0 Å². The second-order valence-corrected chi connectivity index (χ2v) is 6.61. The Labute approximate surface area is 149 Å². The molecule has 0 saturated carbocycles. The number of aliphatic hydroxyl groups is 1. The van der Waals surface area contributed by atoms with E-state index >= 15 is 0 Å². The Kier molecular flexibility index (Phi) is 5.39. The number of anilines is 1. The number of aliphatic hydroxyl groups excluding tert-OH is 1. The highest BCUT2D eigenvalue weighted by molar-refractivity contribution is 5.76. The molecule has 3 rings (SSSR count). The molecule has 4 nitrogen and oxygen atoms in total. The summed E-state index contributed by atoms with van der Waals surface area (Å²) in [5.74, 6) is 0.125.